The van der Waals surface area contributed by atoms with Crippen LogP contribution in [0.4, 0.5) is 10.1 Å². The highest BCUT2D eigenvalue weighted by Gasteiger charge is 2.22. The van der Waals surface area contributed by atoms with Crippen molar-refractivity contribution in [3.63, 3.8) is 0 Å². The monoisotopic (exact) mass is 451 g/mol. The SMILES string of the molecule is CC1C=C(C#N)C(F)=CC=C1CCN1CCN(C(=O)Cc2ccc(N(N)/C=N\N)cc2)CC1. The second kappa shape index (κ2) is 11.4. The average Bonchev–Trinajstić information content (AvgIpc) is 2.96. The number of nitrogens with two attached hydrogens (primary N) is 2. The standard InChI is InChI=1S/C24H30FN7O/c1-18-14-21(16-26)23(25)7-4-20(18)8-9-30-10-12-31(13-11-30)24(33)15-19-2-5-22(6-3-19)32(28)17-29-27/h2-7,14,17-18H,8-13,15,27-28H2,1H3/b29-17-. The fourth-order valence-corrected chi connectivity index (χ4v) is 3.98. The smallest absolute Gasteiger partial charge is 0.227 e. The van der Waals surface area contributed by atoms with Gasteiger partial charge in [0.15, 0.2) is 0 Å². The van der Waals surface area contributed by atoms with Gasteiger partial charge >= 0.3 is 0 Å². The number of benzene rings is 1. The topological polar surface area (TPSA) is 115 Å². The molecule has 0 radical (unpaired) electrons. The summed E-state index contributed by atoms with van der Waals surface area (Å²) in [6, 6.07) is 9.30. The Balaban J connectivity index is 1.46. The largest absolute Gasteiger partial charge is 0.340 e. The highest BCUT2D eigenvalue weighted by Crippen LogP contribution is 2.25. The second-order valence-corrected chi connectivity index (χ2v) is 8.22. The third kappa shape index (κ3) is 6.51. The van der Waals surface area contributed by atoms with E-state index in [-0.39, 0.29) is 17.4 Å². The Hall–Kier alpha value is -3.48. The molecule has 8 nitrogen and oxygen atoms in total. The van der Waals surface area contributed by atoms with Crippen LogP contribution in [0.5, 0.6) is 0 Å². The third-order valence-electron chi connectivity index (χ3n) is 6.05. The zero-order chi connectivity index (χ0) is 23.8. The first-order valence-electron chi connectivity index (χ1n) is 11.0. The maximum Gasteiger partial charge on any atom is 0.227 e. The molecule has 0 spiro atoms. The summed E-state index contributed by atoms with van der Waals surface area (Å²) in [5.41, 5.74) is 2.85. The number of allylic oxidation sites excluding steroid dienone is 5. The molecule has 2 aliphatic rings. The van der Waals surface area contributed by atoms with Crippen molar-refractivity contribution in [2.45, 2.75) is 19.8 Å². The Bertz CT molecular complexity index is 999. The van der Waals surface area contributed by atoms with Crippen molar-refractivity contribution >= 4 is 17.9 Å². The van der Waals surface area contributed by atoms with Crippen LogP contribution in [0.2, 0.25) is 0 Å². The van der Waals surface area contributed by atoms with E-state index in [0.717, 1.165) is 42.9 Å². The van der Waals surface area contributed by atoms with Crippen molar-refractivity contribution < 1.29 is 9.18 Å². The zero-order valence-corrected chi connectivity index (χ0v) is 18.8. The molecule has 1 unspecified atom stereocenters. The van der Waals surface area contributed by atoms with Gasteiger partial charge in [0.05, 0.1) is 17.7 Å². The minimum Gasteiger partial charge on any atom is -0.340 e. The second-order valence-electron chi connectivity index (χ2n) is 8.22. The molecule has 9 heteroatoms. The minimum absolute atomic E-state index is 0.0207. The molecule has 4 N–H and O–H groups in total. The normalized spacial score (nSPS) is 19.4. The van der Waals surface area contributed by atoms with Crippen LogP contribution in [-0.4, -0.2) is 54.8 Å². The maximum absolute atomic E-state index is 13.9. The summed E-state index contributed by atoms with van der Waals surface area (Å²) in [4.78, 5) is 16.9. The third-order valence-corrected chi connectivity index (χ3v) is 6.05. The van der Waals surface area contributed by atoms with E-state index in [1.165, 1.54) is 17.4 Å². The number of piperazine rings is 1. The van der Waals surface area contributed by atoms with Crippen molar-refractivity contribution in [3.05, 3.63) is 65.0 Å². The lowest BCUT2D eigenvalue weighted by molar-refractivity contribution is -0.132. The number of carbonyl (C=O) groups is 1. The van der Waals surface area contributed by atoms with Crippen molar-refractivity contribution in [1.82, 2.24) is 9.80 Å². The molecule has 0 aromatic heterocycles. The van der Waals surface area contributed by atoms with E-state index in [9.17, 15) is 9.18 Å². The number of nitrogens with zero attached hydrogens (tertiary/aromatic N) is 5. The summed E-state index contributed by atoms with van der Waals surface area (Å²) in [6.07, 6.45) is 7.30. The van der Waals surface area contributed by atoms with Crippen LogP contribution in [0.25, 0.3) is 0 Å². The van der Waals surface area contributed by atoms with Crippen LogP contribution < -0.4 is 16.7 Å². The van der Waals surface area contributed by atoms with Gasteiger partial charge in [-0.2, -0.15) is 10.4 Å². The maximum atomic E-state index is 13.9. The molecular formula is C24H30FN7O. The summed E-state index contributed by atoms with van der Waals surface area (Å²) >= 11 is 0. The summed E-state index contributed by atoms with van der Waals surface area (Å²) in [6.45, 7) is 5.79. The highest BCUT2D eigenvalue weighted by molar-refractivity contribution is 5.80. The Morgan fingerprint density at radius 3 is 2.61 bits per heavy atom. The van der Waals surface area contributed by atoms with Crippen molar-refractivity contribution in [2.75, 3.05) is 37.7 Å². The molecule has 1 aliphatic carbocycles. The van der Waals surface area contributed by atoms with Gasteiger partial charge in [-0.3, -0.25) is 14.7 Å². The number of hydrogen-bond donors (Lipinski definition) is 2. The number of rotatable bonds is 7. The van der Waals surface area contributed by atoms with Gasteiger partial charge in [-0.05, 0) is 36.1 Å². The van der Waals surface area contributed by atoms with Gasteiger partial charge in [0.2, 0.25) is 5.91 Å². The molecule has 3 rings (SSSR count). The molecule has 0 saturated carbocycles. The van der Waals surface area contributed by atoms with E-state index < -0.39 is 5.83 Å². The van der Waals surface area contributed by atoms with Gasteiger partial charge < -0.3 is 10.7 Å². The summed E-state index contributed by atoms with van der Waals surface area (Å²) in [5, 5.41) is 13.8. The molecule has 1 fully saturated rings. The summed E-state index contributed by atoms with van der Waals surface area (Å²) < 4.78 is 13.9. The van der Waals surface area contributed by atoms with Gasteiger partial charge in [0, 0.05) is 32.7 Å². The van der Waals surface area contributed by atoms with Crippen LogP contribution in [0.1, 0.15) is 18.9 Å². The van der Waals surface area contributed by atoms with Gasteiger partial charge in [-0.15, -0.1) is 0 Å². The van der Waals surface area contributed by atoms with Crippen molar-refractivity contribution in [1.29, 1.82) is 5.26 Å². The fourth-order valence-electron chi connectivity index (χ4n) is 3.98. The van der Waals surface area contributed by atoms with Crippen LogP contribution in [0.15, 0.2) is 64.6 Å². The number of halogens is 1. The molecule has 1 saturated heterocycles. The minimum atomic E-state index is -0.481. The molecule has 174 valence electrons. The van der Waals surface area contributed by atoms with Gasteiger partial charge in [-0.1, -0.05) is 36.8 Å². The molecule has 1 heterocycles. The Kier molecular flexibility index (Phi) is 8.35. The lowest BCUT2D eigenvalue weighted by Crippen LogP contribution is -2.49. The first-order valence-corrected chi connectivity index (χ1v) is 11.0. The lowest BCUT2D eigenvalue weighted by atomic mass is 9.96. The number of hydrazine groups is 1. The summed E-state index contributed by atoms with van der Waals surface area (Å²) in [5.74, 6) is 10.5. The van der Waals surface area contributed by atoms with Crippen molar-refractivity contribution in [3.8, 4) is 6.07 Å². The Morgan fingerprint density at radius 2 is 1.97 bits per heavy atom. The van der Waals surface area contributed by atoms with E-state index in [2.05, 4.69) is 10.0 Å². The average molecular weight is 452 g/mol. The first kappa shape index (κ1) is 24.2. The zero-order valence-electron chi connectivity index (χ0n) is 18.8. The number of anilines is 1. The van der Waals surface area contributed by atoms with Gasteiger partial charge in [-0.25, -0.2) is 10.2 Å². The molecule has 0 bridgehead atoms. The van der Waals surface area contributed by atoms with Gasteiger partial charge in [0.25, 0.3) is 0 Å². The van der Waals surface area contributed by atoms with Crippen LogP contribution >= 0.6 is 0 Å². The molecule has 1 atom stereocenters. The lowest BCUT2D eigenvalue weighted by Gasteiger charge is -2.35. The van der Waals surface area contributed by atoms with Crippen LogP contribution in [0, 0.1) is 17.2 Å². The Labute approximate surface area is 193 Å². The predicted molar refractivity (Wildman–Crippen MR) is 127 cm³/mol. The molecule has 1 aliphatic heterocycles. The van der Waals surface area contributed by atoms with Crippen LogP contribution in [0.3, 0.4) is 0 Å². The van der Waals surface area contributed by atoms with Crippen molar-refractivity contribution in [2.24, 2.45) is 22.7 Å². The van der Waals surface area contributed by atoms with E-state index >= 15 is 0 Å². The summed E-state index contributed by atoms with van der Waals surface area (Å²) in [7, 11) is 0. The molecular weight excluding hydrogens is 421 g/mol. The highest BCUT2D eigenvalue weighted by atomic mass is 19.1. The number of amides is 1. The van der Waals surface area contributed by atoms with Crippen LogP contribution in [-0.2, 0) is 11.2 Å². The molecule has 1 aromatic rings. The van der Waals surface area contributed by atoms with Gasteiger partial charge in [0.1, 0.15) is 18.2 Å². The Morgan fingerprint density at radius 1 is 1.27 bits per heavy atom. The molecule has 1 amide bonds. The number of carbonyl (C=O) groups excluding carboxylic acids is 1. The number of hydrogen-bond acceptors (Lipinski definition) is 6. The van der Waals surface area contributed by atoms with E-state index in [1.54, 1.807) is 12.2 Å². The van der Waals surface area contributed by atoms with E-state index in [4.69, 9.17) is 16.9 Å². The quantitative estimate of drug-likeness (QED) is 0.284. The van der Waals surface area contributed by atoms with E-state index in [0.29, 0.717) is 19.5 Å². The predicted octanol–water partition coefficient (Wildman–Crippen LogP) is 2.22. The number of nitriles is 1. The number of hydrazone groups is 1. The fraction of sp³-hybridized carbons (Fsp3) is 0.375. The first-order chi connectivity index (χ1) is 15.9. The molecule has 1 aromatic carbocycles. The molecule has 33 heavy (non-hydrogen) atoms. The van der Waals surface area contributed by atoms with E-state index in [1.807, 2.05) is 42.2 Å².